The molecule has 4 rings (SSSR count). The number of halogens is 1. The van der Waals surface area contributed by atoms with E-state index in [1.165, 1.54) is 23.1 Å². The van der Waals surface area contributed by atoms with Crippen molar-refractivity contribution >= 4 is 23.3 Å². The molecule has 152 valence electrons. The van der Waals surface area contributed by atoms with Crippen molar-refractivity contribution in [2.75, 3.05) is 23.3 Å². The standard InChI is InChI=1S/C24H22FN3O2/c25-21-12-11-20(16-22(21)28-14-4-13-26-24(28)30)27-23(29)15-17-7-9-19(10-8-17)18-5-2-1-3-6-18/h1-3,5-12,16H,4,13-15H2,(H,26,30)(H,27,29). The lowest BCUT2D eigenvalue weighted by Crippen LogP contribution is -2.46. The summed E-state index contributed by atoms with van der Waals surface area (Å²) in [5, 5.41) is 5.49. The lowest BCUT2D eigenvalue weighted by Gasteiger charge is -2.28. The number of carbonyl (C=O) groups excluding carboxylic acids is 2. The van der Waals surface area contributed by atoms with Crippen molar-refractivity contribution in [2.45, 2.75) is 12.8 Å². The van der Waals surface area contributed by atoms with E-state index in [0.717, 1.165) is 23.1 Å². The van der Waals surface area contributed by atoms with E-state index in [0.29, 0.717) is 18.8 Å². The second-order valence-electron chi connectivity index (χ2n) is 7.19. The number of benzene rings is 3. The molecular formula is C24H22FN3O2. The van der Waals surface area contributed by atoms with Crippen LogP contribution in [0.2, 0.25) is 0 Å². The van der Waals surface area contributed by atoms with Crippen LogP contribution in [-0.2, 0) is 11.2 Å². The number of nitrogens with zero attached hydrogens (tertiary/aromatic N) is 1. The zero-order valence-corrected chi connectivity index (χ0v) is 16.4. The number of hydrogen-bond donors (Lipinski definition) is 2. The molecule has 0 bridgehead atoms. The fraction of sp³-hybridized carbons (Fsp3) is 0.167. The van der Waals surface area contributed by atoms with Crippen molar-refractivity contribution in [3.63, 3.8) is 0 Å². The Labute approximate surface area is 174 Å². The van der Waals surface area contributed by atoms with Crippen LogP contribution in [0.4, 0.5) is 20.6 Å². The Hall–Kier alpha value is -3.67. The van der Waals surface area contributed by atoms with Gasteiger partial charge in [0.15, 0.2) is 0 Å². The third-order valence-corrected chi connectivity index (χ3v) is 5.03. The number of nitrogens with one attached hydrogen (secondary N) is 2. The topological polar surface area (TPSA) is 61.4 Å². The van der Waals surface area contributed by atoms with Gasteiger partial charge in [-0.25, -0.2) is 9.18 Å². The van der Waals surface area contributed by atoms with Gasteiger partial charge in [-0.15, -0.1) is 0 Å². The first-order valence-electron chi connectivity index (χ1n) is 9.89. The average molecular weight is 403 g/mol. The molecule has 0 aliphatic carbocycles. The molecule has 30 heavy (non-hydrogen) atoms. The lowest BCUT2D eigenvalue weighted by atomic mass is 10.0. The van der Waals surface area contributed by atoms with E-state index in [-0.39, 0.29) is 24.0 Å². The van der Waals surface area contributed by atoms with Crippen molar-refractivity contribution in [3.8, 4) is 11.1 Å². The van der Waals surface area contributed by atoms with E-state index in [1.54, 1.807) is 0 Å². The molecule has 0 spiro atoms. The molecule has 1 aliphatic heterocycles. The number of anilines is 2. The minimum absolute atomic E-state index is 0.164. The van der Waals surface area contributed by atoms with E-state index >= 15 is 0 Å². The van der Waals surface area contributed by atoms with Crippen LogP contribution in [0.25, 0.3) is 11.1 Å². The van der Waals surface area contributed by atoms with Crippen molar-refractivity contribution in [1.82, 2.24) is 5.32 Å². The fourth-order valence-electron chi connectivity index (χ4n) is 3.49. The monoisotopic (exact) mass is 403 g/mol. The third kappa shape index (κ3) is 4.49. The van der Waals surface area contributed by atoms with Crippen molar-refractivity contribution in [2.24, 2.45) is 0 Å². The Kier molecular flexibility index (Phi) is 5.75. The molecule has 6 heteroatoms. The highest BCUT2D eigenvalue weighted by molar-refractivity contribution is 5.96. The van der Waals surface area contributed by atoms with Gasteiger partial charge in [-0.3, -0.25) is 9.69 Å². The summed E-state index contributed by atoms with van der Waals surface area (Å²) in [5.41, 5.74) is 3.70. The summed E-state index contributed by atoms with van der Waals surface area (Å²) in [6.45, 7) is 1.02. The van der Waals surface area contributed by atoms with Gasteiger partial charge in [0.2, 0.25) is 5.91 Å². The van der Waals surface area contributed by atoms with Gasteiger partial charge in [0.25, 0.3) is 0 Å². The van der Waals surface area contributed by atoms with E-state index in [9.17, 15) is 14.0 Å². The van der Waals surface area contributed by atoms with Crippen LogP contribution in [0.3, 0.4) is 0 Å². The first-order valence-corrected chi connectivity index (χ1v) is 9.89. The van der Waals surface area contributed by atoms with Crippen LogP contribution in [0, 0.1) is 5.82 Å². The van der Waals surface area contributed by atoms with Gasteiger partial charge in [-0.1, -0.05) is 54.6 Å². The zero-order valence-electron chi connectivity index (χ0n) is 16.4. The summed E-state index contributed by atoms with van der Waals surface area (Å²) in [6.07, 6.45) is 0.937. The van der Waals surface area contributed by atoms with E-state index in [2.05, 4.69) is 10.6 Å². The molecule has 0 unspecified atom stereocenters. The predicted octanol–water partition coefficient (Wildman–Crippen LogP) is 4.59. The average Bonchev–Trinajstić information content (AvgIpc) is 2.77. The first kappa shape index (κ1) is 19.6. The molecule has 1 saturated heterocycles. The number of amides is 3. The Balaban J connectivity index is 1.43. The minimum Gasteiger partial charge on any atom is -0.338 e. The number of urea groups is 1. The molecule has 1 aliphatic rings. The SMILES string of the molecule is O=C(Cc1ccc(-c2ccccc2)cc1)Nc1ccc(F)c(N2CCCNC2=O)c1. The highest BCUT2D eigenvalue weighted by Gasteiger charge is 2.22. The molecule has 0 radical (unpaired) electrons. The summed E-state index contributed by atoms with van der Waals surface area (Å²) < 4.78 is 14.3. The first-order chi connectivity index (χ1) is 14.6. The molecule has 3 aromatic carbocycles. The Bertz CT molecular complexity index is 1050. The van der Waals surface area contributed by atoms with Gasteiger partial charge in [0, 0.05) is 18.8 Å². The molecule has 0 aromatic heterocycles. The number of carbonyl (C=O) groups is 2. The van der Waals surface area contributed by atoms with Gasteiger partial charge >= 0.3 is 6.03 Å². The third-order valence-electron chi connectivity index (χ3n) is 5.03. The van der Waals surface area contributed by atoms with Crippen LogP contribution >= 0.6 is 0 Å². The lowest BCUT2D eigenvalue weighted by molar-refractivity contribution is -0.115. The second-order valence-corrected chi connectivity index (χ2v) is 7.19. The molecule has 3 amide bonds. The summed E-state index contributed by atoms with van der Waals surface area (Å²) in [6, 6.07) is 21.8. The maximum Gasteiger partial charge on any atom is 0.321 e. The van der Waals surface area contributed by atoms with Crippen LogP contribution in [0.15, 0.2) is 72.8 Å². The Morgan fingerprint density at radius 1 is 1.00 bits per heavy atom. The molecule has 3 aromatic rings. The molecule has 1 heterocycles. The van der Waals surface area contributed by atoms with Crippen LogP contribution in [0.1, 0.15) is 12.0 Å². The summed E-state index contributed by atoms with van der Waals surface area (Å²) >= 11 is 0. The fourth-order valence-corrected chi connectivity index (χ4v) is 3.49. The van der Waals surface area contributed by atoms with E-state index in [4.69, 9.17) is 0 Å². The minimum atomic E-state index is -0.499. The maximum absolute atomic E-state index is 14.3. The van der Waals surface area contributed by atoms with Crippen molar-refractivity contribution in [3.05, 3.63) is 84.2 Å². The molecule has 1 fully saturated rings. The van der Waals surface area contributed by atoms with Gasteiger partial charge in [0.05, 0.1) is 12.1 Å². The van der Waals surface area contributed by atoms with Gasteiger partial charge in [-0.05, 0) is 41.3 Å². The molecule has 2 N–H and O–H groups in total. The highest BCUT2D eigenvalue weighted by atomic mass is 19.1. The summed E-state index contributed by atoms with van der Waals surface area (Å²) in [7, 11) is 0. The Morgan fingerprint density at radius 3 is 2.47 bits per heavy atom. The smallest absolute Gasteiger partial charge is 0.321 e. The maximum atomic E-state index is 14.3. The summed E-state index contributed by atoms with van der Waals surface area (Å²) in [4.78, 5) is 25.8. The Morgan fingerprint density at radius 2 is 1.73 bits per heavy atom. The molecule has 5 nitrogen and oxygen atoms in total. The van der Waals surface area contributed by atoms with Crippen molar-refractivity contribution < 1.29 is 14.0 Å². The summed E-state index contributed by atoms with van der Waals surface area (Å²) in [5.74, 6) is -0.704. The largest absolute Gasteiger partial charge is 0.338 e. The number of rotatable bonds is 5. The van der Waals surface area contributed by atoms with Gasteiger partial charge < -0.3 is 10.6 Å². The predicted molar refractivity (Wildman–Crippen MR) is 116 cm³/mol. The number of hydrogen-bond acceptors (Lipinski definition) is 2. The molecule has 0 saturated carbocycles. The van der Waals surface area contributed by atoms with Gasteiger partial charge in [0.1, 0.15) is 5.82 Å². The highest BCUT2D eigenvalue weighted by Crippen LogP contribution is 2.25. The molecular weight excluding hydrogens is 381 g/mol. The van der Waals surface area contributed by atoms with Crippen molar-refractivity contribution in [1.29, 1.82) is 0 Å². The van der Waals surface area contributed by atoms with E-state index in [1.807, 2.05) is 54.6 Å². The van der Waals surface area contributed by atoms with Crippen LogP contribution in [-0.4, -0.2) is 25.0 Å². The molecule has 0 atom stereocenters. The van der Waals surface area contributed by atoms with Crippen LogP contribution in [0.5, 0.6) is 0 Å². The second kappa shape index (κ2) is 8.78. The quantitative estimate of drug-likeness (QED) is 0.654. The normalized spacial score (nSPS) is 13.6. The van der Waals surface area contributed by atoms with E-state index < -0.39 is 5.82 Å². The zero-order chi connectivity index (χ0) is 20.9. The van der Waals surface area contributed by atoms with Gasteiger partial charge in [-0.2, -0.15) is 0 Å². The van der Waals surface area contributed by atoms with Crippen LogP contribution < -0.4 is 15.5 Å².